The van der Waals surface area contributed by atoms with Crippen molar-refractivity contribution in [2.75, 3.05) is 35.2 Å². The number of para-hydroxylation sites is 2. The lowest BCUT2D eigenvalue weighted by Crippen LogP contribution is -2.33. The van der Waals surface area contributed by atoms with Gasteiger partial charge in [0.2, 0.25) is 16.7 Å². The highest BCUT2D eigenvalue weighted by Gasteiger charge is 2.22. The van der Waals surface area contributed by atoms with E-state index in [9.17, 15) is 10.2 Å². The van der Waals surface area contributed by atoms with Gasteiger partial charge in [0.05, 0.1) is 22.7 Å². The van der Waals surface area contributed by atoms with Crippen molar-refractivity contribution in [2.45, 2.75) is 58.8 Å². The van der Waals surface area contributed by atoms with Crippen LogP contribution >= 0.6 is 0 Å². The second kappa shape index (κ2) is 17.3. The number of allylic oxidation sites excluding steroid dienone is 3. The summed E-state index contributed by atoms with van der Waals surface area (Å²) in [6.45, 7) is 6.05. The van der Waals surface area contributed by atoms with Gasteiger partial charge in [-0.2, -0.15) is 0 Å². The fraction of sp³-hybridized carbons (Fsp3) is 0.239. The molecule has 0 saturated heterocycles. The summed E-state index contributed by atoms with van der Waals surface area (Å²) in [6.07, 6.45) is 12.0. The number of phenols is 2. The van der Waals surface area contributed by atoms with Gasteiger partial charge in [-0.25, -0.2) is 4.98 Å². The standard InChI is InChI=1S/C46H50N8O2/c1-30-23-33(52-40-28-45(55)35(47)25-39(40)51-32-15-9-7-10-16-32)19-20-37(30)49-21-13-5-3-4-6-14-22-50-38-27-44-41(24-31(38)2)53-42-29-46(56)36(48)26-43(42)54(44)34-17-11-8-12-18-34/h7-12,15-18,20,23-29,49H,3-6,13-14,19,21-22H2,1-2H3,(H7,47,48,50,51,53,55,56)/p+1. The number of nitrogen functional groups attached to an aromatic ring is 2. The number of nitrogens with one attached hydrogen (secondary N) is 3. The highest BCUT2D eigenvalue weighted by atomic mass is 16.3. The summed E-state index contributed by atoms with van der Waals surface area (Å²) in [4.78, 5) is 9.78. The number of nitrogens with zero attached hydrogens (tertiary/aromatic N) is 3. The first-order valence-corrected chi connectivity index (χ1v) is 19.5. The maximum Gasteiger partial charge on any atom is 0.239 e. The van der Waals surface area contributed by atoms with Crippen LogP contribution in [0.25, 0.3) is 27.8 Å². The number of nitrogens with two attached hydrogens (primary N) is 2. The van der Waals surface area contributed by atoms with Gasteiger partial charge in [-0.05, 0) is 68.2 Å². The van der Waals surface area contributed by atoms with E-state index in [4.69, 9.17) is 21.4 Å². The molecule has 0 aliphatic heterocycles. The number of aliphatic imine (C=N–C) groups is 1. The Kier molecular flexibility index (Phi) is 11.7. The van der Waals surface area contributed by atoms with E-state index in [-0.39, 0.29) is 11.5 Å². The van der Waals surface area contributed by atoms with Crippen LogP contribution in [0.4, 0.5) is 34.1 Å². The first-order valence-electron chi connectivity index (χ1n) is 19.5. The predicted molar refractivity (Wildman–Crippen MR) is 232 cm³/mol. The summed E-state index contributed by atoms with van der Waals surface area (Å²) >= 11 is 0. The van der Waals surface area contributed by atoms with Crippen LogP contribution in [0.1, 0.15) is 57.4 Å². The molecule has 10 nitrogen and oxygen atoms in total. The molecular formula is C46H51N8O2+. The fourth-order valence-corrected chi connectivity index (χ4v) is 7.17. The number of aromatic hydroxyl groups is 2. The van der Waals surface area contributed by atoms with Gasteiger partial charge in [-0.15, -0.1) is 4.57 Å². The van der Waals surface area contributed by atoms with Crippen molar-refractivity contribution in [1.82, 2.24) is 10.3 Å². The molecule has 7 rings (SSSR count). The zero-order valence-electron chi connectivity index (χ0n) is 32.1. The number of benzene rings is 5. The summed E-state index contributed by atoms with van der Waals surface area (Å²) < 4.78 is 2.16. The largest absolute Gasteiger partial charge is 0.506 e. The Hall–Kier alpha value is -6.55. The van der Waals surface area contributed by atoms with E-state index in [2.05, 4.69) is 70.8 Å². The molecule has 0 unspecified atom stereocenters. The Balaban J connectivity index is 0.863. The summed E-state index contributed by atoms with van der Waals surface area (Å²) in [6, 6.07) is 31.1. The molecule has 0 amide bonds. The smallest absolute Gasteiger partial charge is 0.239 e. The molecule has 10 heteroatoms. The van der Waals surface area contributed by atoms with Crippen molar-refractivity contribution in [3.63, 3.8) is 0 Å². The summed E-state index contributed by atoms with van der Waals surface area (Å²) in [5.74, 6) is 0.0537. The van der Waals surface area contributed by atoms with Crippen LogP contribution in [0, 0.1) is 6.92 Å². The van der Waals surface area contributed by atoms with Crippen LogP contribution in [-0.4, -0.2) is 34.0 Å². The molecule has 1 heterocycles. The second-order valence-corrected chi connectivity index (χ2v) is 14.5. The van der Waals surface area contributed by atoms with Gasteiger partial charge in [0.1, 0.15) is 22.5 Å². The lowest BCUT2D eigenvalue weighted by Gasteiger charge is -2.17. The highest BCUT2D eigenvalue weighted by Crippen LogP contribution is 2.37. The molecule has 0 spiro atoms. The Labute approximate surface area is 328 Å². The maximum absolute atomic E-state index is 10.3. The lowest BCUT2D eigenvalue weighted by molar-refractivity contribution is -0.538. The van der Waals surface area contributed by atoms with E-state index in [0.29, 0.717) is 29.0 Å². The van der Waals surface area contributed by atoms with Crippen molar-refractivity contribution in [3.05, 3.63) is 126 Å². The number of phenolic OH excluding ortho intramolecular Hbond substituents is 2. The van der Waals surface area contributed by atoms with E-state index in [1.807, 2.05) is 48.5 Å². The molecule has 9 N–H and O–H groups in total. The van der Waals surface area contributed by atoms with Gasteiger partial charge < -0.3 is 37.6 Å². The number of unbranched alkanes of at least 4 members (excludes halogenated alkanes) is 5. The molecule has 0 fully saturated rings. The van der Waals surface area contributed by atoms with E-state index in [0.717, 1.165) is 87.8 Å². The van der Waals surface area contributed by atoms with Crippen molar-refractivity contribution in [2.24, 2.45) is 4.99 Å². The predicted octanol–water partition coefficient (Wildman–Crippen LogP) is 9.64. The van der Waals surface area contributed by atoms with E-state index in [1.54, 1.807) is 24.3 Å². The highest BCUT2D eigenvalue weighted by molar-refractivity contribution is 6.01. The third-order valence-corrected chi connectivity index (χ3v) is 10.2. The van der Waals surface area contributed by atoms with Crippen molar-refractivity contribution in [1.29, 1.82) is 0 Å². The minimum atomic E-state index is 0.0186. The van der Waals surface area contributed by atoms with E-state index >= 15 is 0 Å². The topological polar surface area (TPSA) is 158 Å². The van der Waals surface area contributed by atoms with Gasteiger partial charge in [0.15, 0.2) is 0 Å². The Morgan fingerprint density at radius 3 is 2.05 bits per heavy atom. The summed E-state index contributed by atoms with van der Waals surface area (Å²) in [5.41, 5.74) is 24.9. The van der Waals surface area contributed by atoms with Gasteiger partial charge in [0, 0.05) is 78.7 Å². The van der Waals surface area contributed by atoms with Crippen LogP contribution in [0.5, 0.6) is 11.5 Å². The van der Waals surface area contributed by atoms with E-state index in [1.165, 1.54) is 25.7 Å². The second-order valence-electron chi connectivity index (χ2n) is 14.5. The van der Waals surface area contributed by atoms with Crippen LogP contribution in [-0.2, 0) is 0 Å². The van der Waals surface area contributed by atoms with Crippen molar-refractivity contribution < 1.29 is 14.8 Å². The number of rotatable bonds is 15. The number of aryl methyl sites for hydroxylation is 1. The number of aromatic nitrogens is 2. The molecule has 0 radical (unpaired) electrons. The average Bonchev–Trinajstić information content (AvgIpc) is 3.19. The first-order chi connectivity index (χ1) is 27.2. The van der Waals surface area contributed by atoms with Gasteiger partial charge in [-0.1, -0.05) is 68.2 Å². The molecule has 56 heavy (non-hydrogen) atoms. The number of fused-ring (bicyclic) bond motifs is 2. The van der Waals surface area contributed by atoms with Crippen LogP contribution < -0.4 is 32.0 Å². The van der Waals surface area contributed by atoms with Crippen LogP contribution in [0.3, 0.4) is 0 Å². The molecule has 6 aromatic rings. The average molecular weight is 748 g/mol. The third kappa shape index (κ3) is 8.87. The molecule has 0 bridgehead atoms. The Morgan fingerprint density at radius 1 is 0.696 bits per heavy atom. The minimum Gasteiger partial charge on any atom is -0.506 e. The molecule has 1 aliphatic rings. The lowest BCUT2D eigenvalue weighted by atomic mass is 10.0. The zero-order valence-corrected chi connectivity index (χ0v) is 32.1. The quantitative estimate of drug-likeness (QED) is 0.0137. The molecular weight excluding hydrogens is 697 g/mol. The number of hydrogen-bond acceptors (Lipinski definition) is 9. The molecule has 1 aliphatic carbocycles. The van der Waals surface area contributed by atoms with Crippen LogP contribution in [0.15, 0.2) is 125 Å². The number of anilines is 5. The maximum atomic E-state index is 10.3. The Morgan fingerprint density at radius 2 is 1.32 bits per heavy atom. The molecule has 0 atom stereocenters. The van der Waals surface area contributed by atoms with Gasteiger partial charge in [-0.3, -0.25) is 4.99 Å². The van der Waals surface area contributed by atoms with Crippen LogP contribution in [0.2, 0.25) is 0 Å². The molecule has 1 aromatic heterocycles. The van der Waals surface area contributed by atoms with Gasteiger partial charge in [0.25, 0.3) is 0 Å². The third-order valence-electron chi connectivity index (χ3n) is 10.2. The normalized spacial score (nSPS) is 13.5. The molecule has 0 saturated carbocycles. The summed E-state index contributed by atoms with van der Waals surface area (Å²) in [7, 11) is 0. The molecule has 5 aromatic carbocycles. The molecule has 286 valence electrons. The van der Waals surface area contributed by atoms with Crippen molar-refractivity contribution in [3.8, 4) is 17.2 Å². The minimum absolute atomic E-state index is 0.0186. The summed E-state index contributed by atoms with van der Waals surface area (Å²) in [5, 5.41) is 31.3. The first kappa shape index (κ1) is 37.8. The van der Waals surface area contributed by atoms with E-state index < -0.39 is 0 Å². The fourth-order valence-electron chi connectivity index (χ4n) is 7.17. The number of hydrogen-bond donors (Lipinski definition) is 7. The monoisotopic (exact) mass is 747 g/mol. The zero-order chi connectivity index (χ0) is 39.0. The SMILES string of the molecule is CC1=CC(=Nc2cc(O)c(N)cc2Nc2ccccc2)CC=C1NCCCCCCCCNc1cc2c(cc1C)nc1cc(O)c(N)cc1[n+]2-c1ccccc1. The van der Waals surface area contributed by atoms with Gasteiger partial charge >= 0.3 is 0 Å². The Bertz CT molecular complexity index is 2440. The van der Waals surface area contributed by atoms with Crippen molar-refractivity contribution >= 4 is 61.9 Å².